The van der Waals surface area contributed by atoms with Crippen molar-refractivity contribution in [2.24, 2.45) is 0 Å². The molecule has 108 valence electrons. The van der Waals surface area contributed by atoms with Gasteiger partial charge in [-0.3, -0.25) is 4.90 Å². The van der Waals surface area contributed by atoms with Crippen LogP contribution in [0, 0.1) is 6.92 Å². The summed E-state index contributed by atoms with van der Waals surface area (Å²) in [5.41, 5.74) is 1.11. The molecule has 3 N–H and O–H groups in total. The van der Waals surface area contributed by atoms with Gasteiger partial charge in [-0.25, -0.2) is 0 Å². The van der Waals surface area contributed by atoms with Gasteiger partial charge in [0.1, 0.15) is 18.5 Å². The molecule has 19 heavy (non-hydrogen) atoms. The van der Waals surface area contributed by atoms with E-state index in [2.05, 4.69) is 0 Å². The molecule has 0 spiro atoms. The maximum atomic E-state index is 9.87. The second-order valence-corrected chi connectivity index (χ2v) is 4.53. The molecule has 0 radical (unpaired) electrons. The van der Waals surface area contributed by atoms with E-state index in [9.17, 15) is 5.11 Å². The molecule has 0 bridgehead atoms. The van der Waals surface area contributed by atoms with E-state index in [1.807, 2.05) is 31.2 Å². The Labute approximate surface area is 114 Å². The van der Waals surface area contributed by atoms with Crippen LogP contribution in [0.5, 0.6) is 5.75 Å². The van der Waals surface area contributed by atoms with E-state index in [1.54, 1.807) is 4.90 Å². The van der Waals surface area contributed by atoms with Crippen molar-refractivity contribution in [1.29, 1.82) is 0 Å². The lowest BCUT2D eigenvalue weighted by molar-refractivity contribution is 0.0552. The summed E-state index contributed by atoms with van der Waals surface area (Å²) >= 11 is 0. The number of rotatable bonds is 9. The van der Waals surface area contributed by atoms with Gasteiger partial charge in [-0.2, -0.15) is 0 Å². The summed E-state index contributed by atoms with van der Waals surface area (Å²) in [6.45, 7) is 3.41. The van der Waals surface area contributed by atoms with Crippen molar-refractivity contribution in [1.82, 2.24) is 4.90 Å². The zero-order valence-corrected chi connectivity index (χ0v) is 11.3. The smallest absolute Gasteiger partial charge is 0.119 e. The van der Waals surface area contributed by atoms with E-state index in [0.717, 1.165) is 11.3 Å². The number of hydrogen-bond donors (Lipinski definition) is 3. The monoisotopic (exact) mass is 269 g/mol. The third kappa shape index (κ3) is 6.54. The molecule has 0 aromatic heterocycles. The lowest BCUT2D eigenvalue weighted by Crippen LogP contribution is -2.38. The maximum absolute atomic E-state index is 9.87. The van der Waals surface area contributed by atoms with Crippen molar-refractivity contribution < 1.29 is 20.1 Å². The van der Waals surface area contributed by atoms with Gasteiger partial charge in [0, 0.05) is 19.6 Å². The summed E-state index contributed by atoms with van der Waals surface area (Å²) in [7, 11) is 0. The van der Waals surface area contributed by atoms with Crippen LogP contribution in [0.2, 0.25) is 0 Å². The third-order valence-electron chi connectivity index (χ3n) is 2.73. The van der Waals surface area contributed by atoms with Crippen molar-refractivity contribution in [2.45, 2.75) is 13.0 Å². The Bertz CT molecular complexity index is 353. The van der Waals surface area contributed by atoms with Crippen LogP contribution in [0.3, 0.4) is 0 Å². The Kier molecular flexibility index (Phi) is 7.43. The summed E-state index contributed by atoms with van der Waals surface area (Å²) in [6.07, 6.45) is -0.654. The first kappa shape index (κ1) is 15.9. The molecule has 0 aliphatic rings. The number of ether oxygens (including phenoxy) is 1. The van der Waals surface area contributed by atoms with Crippen LogP contribution >= 0.6 is 0 Å². The van der Waals surface area contributed by atoms with Gasteiger partial charge in [-0.15, -0.1) is 0 Å². The lowest BCUT2D eigenvalue weighted by atomic mass is 10.2. The molecule has 0 amide bonds. The van der Waals surface area contributed by atoms with Crippen molar-refractivity contribution in [2.75, 3.05) is 39.5 Å². The molecule has 1 atom stereocenters. The van der Waals surface area contributed by atoms with Crippen molar-refractivity contribution in [3.63, 3.8) is 0 Å². The van der Waals surface area contributed by atoms with Crippen LogP contribution in [0.25, 0.3) is 0 Å². The highest BCUT2D eigenvalue weighted by atomic mass is 16.5. The van der Waals surface area contributed by atoms with Gasteiger partial charge < -0.3 is 20.1 Å². The number of aryl methyl sites for hydroxylation is 1. The third-order valence-corrected chi connectivity index (χ3v) is 2.73. The lowest BCUT2D eigenvalue weighted by Gasteiger charge is -2.23. The van der Waals surface area contributed by atoms with Gasteiger partial charge >= 0.3 is 0 Å². The molecule has 5 nitrogen and oxygen atoms in total. The van der Waals surface area contributed by atoms with E-state index < -0.39 is 6.10 Å². The fourth-order valence-corrected chi connectivity index (χ4v) is 1.83. The Morgan fingerprint density at radius 2 is 1.89 bits per heavy atom. The van der Waals surface area contributed by atoms with E-state index in [1.165, 1.54) is 0 Å². The minimum atomic E-state index is -0.654. The zero-order chi connectivity index (χ0) is 14.1. The molecular formula is C14H23NO4. The van der Waals surface area contributed by atoms with Gasteiger partial charge in [0.25, 0.3) is 0 Å². The minimum Gasteiger partial charge on any atom is -0.491 e. The summed E-state index contributed by atoms with van der Waals surface area (Å²) in [4.78, 5) is 1.80. The SMILES string of the molecule is Cc1cccc(OCC(O)CN(CCO)CCO)c1. The first-order valence-corrected chi connectivity index (χ1v) is 6.47. The van der Waals surface area contributed by atoms with Crippen LogP contribution in [0.1, 0.15) is 5.56 Å². The van der Waals surface area contributed by atoms with Crippen molar-refractivity contribution in [3.05, 3.63) is 29.8 Å². The summed E-state index contributed by atoms with van der Waals surface area (Å²) in [6, 6.07) is 7.64. The molecule has 0 aliphatic heterocycles. The molecule has 0 saturated carbocycles. The minimum absolute atomic E-state index is 0.00541. The predicted octanol–water partition coefficient (Wildman–Crippen LogP) is 0.0213. The van der Waals surface area contributed by atoms with Crippen LogP contribution in [-0.4, -0.2) is 65.8 Å². The molecule has 0 saturated heterocycles. The van der Waals surface area contributed by atoms with Crippen LogP contribution in [-0.2, 0) is 0 Å². The fourth-order valence-electron chi connectivity index (χ4n) is 1.83. The average Bonchev–Trinajstić information content (AvgIpc) is 2.37. The van der Waals surface area contributed by atoms with Crippen LogP contribution < -0.4 is 4.74 Å². The zero-order valence-electron chi connectivity index (χ0n) is 11.3. The average molecular weight is 269 g/mol. The molecule has 1 rings (SSSR count). The Hall–Kier alpha value is -1.14. The Morgan fingerprint density at radius 3 is 2.47 bits per heavy atom. The second-order valence-electron chi connectivity index (χ2n) is 4.53. The summed E-state index contributed by atoms with van der Waals surface area (Å²) < 4.78 is 5.50. The quantitative estimate of drug-likeness (QED) is 0.589. The second kappa shape index (κ2) is 8.87. The number of aliphatic hydroxyl groups is 3. The van der Waals surface area contributed by atoms with E-state index in [4.69, 9.17) is 14.9 Å². The highest BCUT2D eigenvalue weighted by Gasteiger charge is 2.11. The predicted molar refractivity (Wildman–Crippen MR) is 73.3 cm³/mol. The molecule has 0 aliphatic carbocycles. The standard InChI is InChI=1S/C14H23NO4/c1-12-3-2-4-14(9-12)19-11-13(18)10-15(5-7-16)6-8-17/h2-4,9,13,16-18H,5-8,10-11H2,1H3. The van der Waals surface area contributed by atoms with E-state index in [0.29, 0.717) is 19.6 Å². The van der Waals surface area contributed by atoms with Crippen molar-refractivity contribution in [3.8, 4) is 5.75 Å². The van der Waals surface area contributed by atoms with Crippen LogP contribution in [0.4, 0.5) is 0 Å². The molecule has 1 aromatic carbocycles. The molecule has 5 heteroatoms. The molecular weight excluding hydrogens is 246 g/mol. The highest BCUT2D eigenvalue weighted by molar-refractivity contribution is 5.27. The highest BCUT2D eigenvalue weighted by Crippen LogP contribution is 2.12. The molecule has 1 aromatic rings. The first-order chi connectivity index (χ1) is 9.15. The van der Waals surface area contributed by atoms with Crippen molar-refractivity contribution >= 4 is 0 Å². The Balaban J connectivity index is 2.35. The van der Waals surface area contributed by atoms with Gasteiger partial charge in [0.15, 0.2) is 0 Å². The normalized spacial score (nSPS) is 12.7. The molecule has 1 unspecified atom stereocenters. The molecule has 0 heterocycles. The first-order valence-electron chi connectivity index (χ1n) is 6.47. The van der Waals surface area contributed by atoms with Gasteiger partial charge in [-0.1, -0.05) is 12.1 Å². The summed E-state index contributed by atoms with van der Waals surface area (Å²) in [5, 5.41) is 27.6. The maximum Gasteiger partial charge on any atom is 0.119 e. The number of nitrogens with zero attached hydrogens (tertiary/aromatic N) is 1. The Morgan fingerprint density at radius 1 is 1.21 bits per heavy atom. The van der Waals surface area contributed by atoms with Crippen LogP contribution in [0.15, 0.2) is 24.3 Å². The largest absolute Gasteiger partial charge is 0.491 e. The number of benzene rings is 1. The van der Waals surface area contributed by atoms with E-state index >= 15 is 0 Å². The molecule has 0 fully saturated rings. The topological polar surface area (TPSA) is 73.2 Å². The van der Waals surface area contributed by atoms with E-state index in [-0.39, 0.29) is 19.8 Å². The van der Waals surface area contributed by atoms with Gasteiger partial charge in [0.05, 0.1) is 13.2 Å². The van der Waals surface area contributed by atoms with Gasteiger partial charge in [0.2, 0.25) is 0 Å². The fraction of sp³-hybridized carbons (Fsp3) is 0.571. The summed E-state index contributed by atoms with van der Waals surface area (Å²) in [5.74, 6) is 0.731. The van der Waals surface area contributed by atoms with Gasteiger partial charge in [-0.05, 0) is 24.6 Å². The number of hydrogen-bond acceptors (Lipinski definition) is 5. The number of aliphatic hydroxyl groups excluding tert-OH is 3.